The number of nitrogens with two attached hydrogens (primary N) is 4. The number of hydrogen-bond donors (Lipinski definition) is 8. The molecule has 12 nitrogen and oxygen atoms in total. The molecule has 2 aliphatic heterocycles. The smallest absolute Gasteiger partial charge is 0.320 e. The number of hydrogen-bond acceptors (Lipinski definition) is 10. The summed E-state index contributed by atoms with van der Waals surface area (Å²) >= 11 is 0. The van der Waals surface area contributed by atoms with Crippen molar-refractivity contribution in [1.82, 2.24) is 10.6 Å². The maximum Gasteiger partial charge on any atom is 0.320 e. The first-order valence-corrected chi connectivity index (χ1v) is 7.28. The molecule has 0 aliphatic carbocycles. The Morgan fingerprint density at radius 3 is 1.50 bits per heavy atom. The molecule has 12 N–H and O–H groups in total. The lowest BCUT2D eigenvalue weighted by Gasteiger charge is -2.12. The maximum atomic E-state index is 10.3. The van der Waals surface area contributed by atoms with Gasteiger partial charge in [0.05, 0.1) is 25.2 Å². The fourth-order valence-corrected chi connectivity index (χ4v) is 2.10. The Balaban J connectivity index is 0.000000240. The second-order valence-electron chi connectivity index (χ2n) is 5.50. The lowest BCUT2D eigenvalue weighted by atomic mass is 10.1. The quantitative estimate of drug-likeness (QED) is 0.234. The third kappa shape index (κ3) is 6.66. The minimum absolute atomic E-state index is 0.0314. The van der Waals surface area contributed by atoms with Crippen LogP contribution in [0.5, 0.6) is 0 Å². The van der Waals surface area contributed by atoms with Crippen LogP contribution in [0.25, 0.3) is 0 Å². The predicted octanol–water partition coefficient (Wildman–Crippen LogP) is -3.85. The Kier molecular flexibility index (Phi) is 7.20. The van der Waals surface area contributed by atoms with E-state index in [1.807, 2.05) is 0 Å². The Labute approximate surface area is 138 Å². The van der Waals surface area contributed by atoms with Gasteiger partial charge < -0.3 is 43.8 Å². The standard InChI is InChI=1S/2C6H12N4O2/c2*7-4(5(11)12)1-3-2-9-6(8)10-3/h2*3-4H,1-2,7H2,(H,11,12)(H3,8,9,10)/t2*3-,4+/m10/s1. The van der Waals surface area contributed by atoms with Crippen molar-refractivity contribution in [3.8, 4) is 0 Å². The van der Waals surface area contributed by atoms with Crippen LogP contribution in [0.1, 0.15) is 12.8 Å². The molecular formula is C12H24N8O4. The first-order chi connectivity index (χ1) is 11.2. The topological polar surface area (TPSA) is 227 Å². The summed E-state index contributed by atoms with van der Waals surface area (Å²) in [6, 6.07) is -1.75. The number of carboxylic acid groups (broad SMARTS) is 2. The molecule has 0 aromatic rings. The van der Waals surface area contributed by atoms with Crippen LogP contribution in [0.3, 0.4) is 0 Å². The Hall–Kier alpha value is -2.60. The van der Waals surface area contributed by atoms with Crippen molar-refractivity contribution < 1.29 is 19.8 Å². The molecule has 0 saturated carbocycles. The van der Waals surface area contributed by atoms with Gasteiger partial charge in [-0.3, -0.25) is 19.6 Å². The van der Waals surface area contributed by atoms with Crippen molar-refractivity contribution in [2.45, 2.75) is 37.0 Å². The molecule has 12 heteroatoms. The highest BCUT2D eigenvalue weighted by Gasteiger charge is 2.22. The van der Waals surface area contributed by atoms with Gasteiger partial charge in [0.25, 0.3) is 0 Å². The number of aliphatic imine (C=N–C) groups is 2. The summed E-state index contributed by atoms with van der Waals surface area (Å²) in [7, 11) is 0. The molecule has 2 aliphatic rings. The van der Waals surface area contributed by atoms with Gasteiger partial charge in [-0.15, -0.1) is 0 Å². The van der Waals surface area contributed by atoms with Gasteiger partial charge in [0.1, 0.15) is 12.1 Å². The minimum atomic E-state index is -0.998. The van der Waals surface area contributed by atoms with Gasteiger partial charge in [0, 0.05) is 0 Å². The van der Waals surface area contributed by atoms with Gasteiger partial charge in [-0.2, -0.15) is 0 Å². The average molecular weight is 344 g/mol. The average Bonchev–Trinajstić information content (AvgIpc) is 3.08. The number of nitrogens with one attached hydrogen (secondary N) is 2. The Morgan fingerprint density at radius 2 is 1.29 bits per heavy atom. The molecule has 0 aromatic carbocycles. The van der Waals surface area contributed by atoms with E-state index in [1.54, 1.807) is 0 Å². The zero-order valence-corrected chi connectivity index (χ0v) is 13.1. The largest absolute Gasteiger partial charge is 0.480 e. The van der Waals surface area contributed by atoms with Crippen LogP contribution in [-0.4, -0.2) is 71.3 Å². The van der Waals surface area contributed by atoms with Crippen molar-refractivity contribution >= 4 is 23.9 Å². The van der Waals surface area contributed by atoms with Crippen LogP contribution < -0.4 is 33.6 Å². The summed E-state index contributed by atoms with van der Waals surface area (Å²) < 4.78 is 0. The first-order valence-electron chi connectivity index (χ1n) is 7.28. The molecular weight excluding hydrogens is 320 g/mol. The van der Waals surface area contributed by atoms with Crippen LogP contribution >= 0.6 is 0 Å². The lowest BCUT2D eigenvalue weighted by Crippen LogP contribution is -2.41. The number of nitrogens with zero attached hydrogens (tertiary/aromatic N) is 2. The van der Waals surface area contributed by atoms with E-state index in [4.69, 9.17) is 33.1 Å². The molecule has 0 amide bonds. The van der Waals surface area contributed by atoms with Crippen LogP contribution in [-0.2, 0) is 9.59 Å². The minimum Gasteiger partial charge on any atom is -0.480 e. The molecule has 0 saturated heterocycles. The van der Waals surface area contributed by atoms with Crippen LogP contribution in [0.15, 0.2) is 9.98 Å². The first kappa shape index (κ1) is 19.4. The molecule has 2 heterocycles. The highest BCUT2D eigenvalue weighted by atomic mass is 16.4. The van der Waals surface area contributed by atoms with Gasteiger partial charge >= 0.3 is 11.9 Å². The summed E-state index contributed by atoms with van der Waals surface area (Å²) in [6.45, 7) is 1.01. The van der Waals surface area contributed by atoms with Crippen molar-refractivity contribution in [3.05, 3.63) is 0 Å². The van der Waals surface area contributed by atoms with E-state index in [2.05, 4.69) is 20.6 Å². The van der Waals surface area contributed by atoms with E-state index >= 15 is 0 Å². The molecule has 0 fully saturated rings. The molecule has 0 bridgehead atoms. The van der Waals surface area contributed by atoms with E-state index in [-0.39, 0.29) is 12.1 Å². The molecule has 4 atom stereocenters. The molecule has 0 radical (unpaired) electrons. The lowest BCUT2D eigenvalue weighted by molar-refractivity contribution is -0.139. The Morgan fingerprint density at radius 1 is 0.958 bits per heavy atom. The zero-order valence-electron chi connectivity index (χ0n) is 13.1. The highest BCUT2D eigenvalue weighted by Crippen LogP contribution is 2.02. The number of rotatable bonds is 6. The van der Waals surface area contributed by atoms with E-state index in [0.29, 0.717) is 37.9 Å². The molecule has 24 heavy (non-hydrogen) atoms. The van der Waals surface area contributed by atoms with Gasteiger partial charge in [-0.1, -0.05) is 0 Å². The fourth-order valence-electron chi connectivity index (χ4n) is 2.10. The third-order valence-electron chi connectivity index (χ3n) is 3.38. The number of guanidine groups is 2. The highest BCUT2D eigenvalue weighted by molar-refractivity contribution is 5.80. The second-order valence-corrected chi connectivity index (χ2v) is 5.50. The van der Waals surface area contributed by atoms with Crippen LogP contribution in [0.4, 0.5) is 0 Å². The van der Waals surface area contributed by atoms with Crippen molar-refractivity contribution in [3.63, 3.8) is 0 Å². The van der Waals surface area contributed by atoms with Gasteiger partial charge in [-0.05, 0) is 12.8 Å². The summed E-state index contributed by atoms with van der Waals surface area (Å²) in [6.07, 6.45) is 0.694. The summed E-state index contributed by atoms with van der Waals surface area (Å²) in [4.78, 5) is 28.4. The maximum absolute atomic E-state index is 10.3. The van der Waals surface area contributed by atoms with Gasteiger partial charge in [-0.25, -0.2) is 0 Å². The predicted molar refractivity (Wildman–Crippen MR) is 87.3 cm³/mol. The monoisotopic (exact) mass is 344 g/mol. The van der Waals surface area contributed by atoms with E-state index < -0.39 is 24.0 Å². The summed E-state index contributed by atoms with van der Waals surface area (Å²) in [5, 5.41) is 22.6. The van der Waals surface area contributed by atoms with Crippen molar-refractivity contribution in [2.75, 3.05) is 13.1 Å². The summed E-state index contributed by atoms with van der Waals surface area (Å²) in [5.41, 5.74) is 21.3. The molecule has 136 valence electrons. The zero-order chi connectivity index (χ0) is 18.3. The fraction of sp³-hybridized carbons (Fsp3) is 0.667. The number of carbonyl (C=O) groups is 2. The summed E-state index contributed by atoms with van der Waals surface area (Å²) in [5.74, 6) is -1.28. The third-order valence-corrected chi connectivity index (χ3v) is 3.38. The van der Waals surface area contributed by atoms with Crippen LogP contribution in [0, 0.1) is 0 Å². The van der Waals surface area contributed by atoms with Gasteiger partial charge in [0.2, 0.25) is 0 Å². The second kappa shape index (κ2) is 8.88. The molecule has 0 aromatic heterocycles. The van der Waals surface area contributed by atoms with E-state index in [1.165, 1.54) is 0 Å². The molecule has 0 spiro atoms. The van der Waals surface area contributed by atoms with Crippen LogP contribution in [0.2, 0.25) is 0 Å². The Bertz CT molecular complexity index is 477. The molecule has 0 unspecified atom stereocenters. The SMILES string of the molecule is NC1=NC[C@@H](C[C@H](N)C(=O)O)N1.NC1=NC[C@H](C[C@@H](N)C(=O)O)N1. The van der Waals surface area contributed by atoms with Crippen molar-refractivity contribution in [2.24, 2.45) is 32.9 Å². The number of carboxylic acids is 2. The van der Waals surface area contributed by atoms with E-state index in [0.717, 1.165) is 0 Å². The normalized spacial score (nSPS) is 24.4. The number of aliphatic carboxylic acids is 2. The molecule has 2 rings (SSSR count). The van der Waals surface area contributed by atoms with Gasteiger partial charge in [0.15, 0.2) is 11.9 Å². The van der Waals surface area contributed by atoms with Crippen molar-refractivity contribution in [1.29, 1.82) is 0 Å². The van der Waals surface area contributed by atoms with E-state index in [9.17, 15) is 9.59 Å².